The van der Waals surface area contributed by atoms with Crippen LogP contribution in [0.5, 0.6) is 0 Å². The Morgan fingerprint density at radius 2 is 2.05 bits per heavy atom. The maximum atomic E-state index is 12.4. The largest absolute Gasteiger partial charge is 0.338 e. The van der Waals surface area contributed by atoms with Gasteiger partial charge in [0.1, 0.15) is 12.0 Å². The van der Waals surface area contributed by atoms with E-state index in [4.69, 9.17) is 0 Å². The molecule has 1 amide bonds. The van der Waals surface area contributed by atoms with Gasteiger partial charge in [-0.3, -0.25) is 9.59 Å². The zero-order valence-electron chi connectivity index (χ0n) is 11.1. The van der Waals surface area contributed by atoms with Gasteiger partial charge in [-0.2, -0.15) is 0 Å². The van der Waals surface area contributed by atoms with E-state index in [1.54, 1.807) is 30.1 Å². The predicted molar refractivity (Wildman–Crippen MR) is 72.2 cm³/mol. The van der Waals surface area contributed by atoms with Gasteiger partial charge in [-0.1, -0.05) is 12.1 Å². The predicted octanol–water partition coefficient (Wildman–Crippen LogP) is 1.92. The Labute approximate surface area is 111 Å². The van der Waals surface area contributed by atoms with E-state index in [1.807, 2.05) is 13.8 Å². The van der Waals surface area contributed by atoms with Crippen LogP contribution in [0.25, 0.3) is 10.9 Å². The highest BCUT2D eigenvalue weighted by Gasteiger charge is 2.20. The first-order valence-electron chi connectivity index (χ1n) is 6.02. The second-order valence-electron chi connectivity index (χ2n) is 4.59. The lowest BCUT2D eigenvalue weighted by Gasteiger charge is -2.21. The van der Waals surface area contributed by atoms with Crippen molar-refractivity contribution in [2.75, 3.05) is 7.05 Å². The number of carbonyl (C=O) groups excluding carboxylic acids is 2. The molecule has 5 heteroatoms. The molecule has 5 nitrogen and oxygen atoms in total. The fourth-order valence-corrected chi connectivity index (χ4v) is 1.80. The second kappa shape index (κ2) is 5.14. The van der Waals surface area contributed by atoms with Crippen molar-refractivity contribution in [2.45, 2.75) is 19.9 Å². The van der Waals surface area contributed by atoms with Crippen LogP contribution in [-0.4, -0.2) is 40.2 Å². The van der Waals surface area contributed by atoms with Gasteiger partial charge in [0, 0.05) is 24.0 Å². The number of carbonyl (C=O) groups is 2. The molecule has 1 heterocycles. The summed E-state index contributed by atoms with van der Waals surface area (Å²) in [4.78, 5) is 33.2. The lowest BCUT2D eigenvalue weighted by atomic mass is 10.1. The highest BCUT2D eigenvalue weighted by atomic mass is 16.2. The fraction of sp³-hybridized carbons (Fsp3) is 0.286. The monoisotopic (exact) mass is 257 g/mol. The van der Waals surface area contributed by atoms with Crippen molar-refractivity contribution in [2.24, 2.45) is 0 Å². The third kappa shape index (κ3) is 2.31. The third-order valence-corrected chi connectivity index (χ3v) is 3.12. The number of aldehydes is 1. The Hall–Kier alpha value is -2.30. The number of fused-ring (bicyclic) bond motifs is 1. The Balaban J connectivity index is 2.67. The van der Waals surface area contributed by atoms with Crippen LogP contribution in [-0.2, 0) is 0 Å². The quantitative estimate of drug-likeness (QED) is 0.788. The minimum absolute atomic E-state index is 0.0564. The van der Waals surface area contributed by atoms with Crippen molar-refractivity contribution in [3.8, 4) is 0 Å². The summed E-state index contributed by atoms with van der Waals surface area (Å²) in [5, 5.41) is 0.512. The third-order valence-electron chi connectivity index (χ3n) is 3.12. The van der Waals surface area contributed by atoms with E-state index in [0.717, 1.165) is 6.29 Å². The maximum absolute atomic E-state index is 12.4. The molecule has 2 rings (SSSR count). The molecule has 0 aliphatic carbocycles. The molecule has 0 radical (unpaired) electrons. The number of benzene rings is 1. The van der Waals surface area contributed by atoms with E-state index in [1.165, 1.54) is 6.33 Å². The van der Waals surface area contributed by atoms with Crippen LogP contribution < -0.4 is 0 Å². The zero-order chi connectivity index (χ0) is 14.0. The molecule has 1 aromatic heterocycles. The summed E-state index contributed by atoms with van der Waals surface area (Å²) < 4.78 is 0. The van der Waals surface area contributed by atoms with E-state index in [0.29, 0.717) is 16.5 Å². The summed E-state index contributed by atoms with van der Waals surface area (Å²) in [5.74, 6) is -0.211. The van der Waals surface area contributed by atoms with Crippen LogP contribution in [0.4, 0.5) is 0 Å². The zero-order valence-corrected chi connectivity index (χ0v) is 11.1. The molecule has 0 fully saturated rings. The molecular formula is C14H15N3O2. The molecule has 0 bridgehead atoms. The molecule has 0 spiro atoms. The highest BCUT2D eigenvalue weighted by molar-refractivity contribution is 6.09. The van der Waals surface area contributed by atoms with Gasteiger partial charge in [-0.25, -0.2) is 9.97 Å². The first-order chi connectivity index (χ1) is 9.06. The van der Waals surface area contributed by atoms with Crippen molar-refractivity contribution in [1.29, 1.82) is 0 Å². The van der Waals surface area contributed by atoms with Crippen molar-refractivity contribution >= 4 is 23.1 Å². The van der Waals surface area contributed by atoms with E-state index in [9.17, 15) is 9.59 Å². The van der Waals surface area contributed by atoms with Gasteiger partial charge in [0.25, 0.3) is 5.91 Å². The fourth-order valence-electron chi connectivity index (χ4n) is 1.80. The summed E-state index contributed by atoms with van der Waals surface area (Å²) in [7, 11) is 1.71. The summed E-state index contributed by atoms with van der Waals surface area (Å²) in [6, 6.07) is 5.21. The number of aromatic nitrogens is 2. The summed E-state index contributed by atoms with van der Waals surface area (Å²) in [5.41, 5.74) is 1.29. The van der Waals surface area contributed by atoms with Crippen molar-refractivity contribution in [3.05, 3.63) is 35.8 Å². The maximum Gasteiger partial charge on any atom is 0.273 e. The van der Waals surface area contributed by atoms with Crippen LogP contribution in [0, 0.1) is 0 Å². The minimum atomic E-state index is -0.211. The second-order valence-corrected chi connectivity index (χ2v) is 4.59. The lowest BCUT2D eigenvalue weighted by molar-refractivity contribution is 0.0751. The lowest BCUT2D eigenvalue weighted by Crippen LogP contribution is -2.33. The number of nitrogens with zero attached hydrogens (tertiary/aromatic N) is 3. The van der Waals surface area contributed by atoms with Gasteiger partial charge in [0.15, 0.2) is 6.29 Å². The Kier molecular flexibility index (Phi) is 3.55. The van der Waals surface area contributed by atoms with Crippen LogP contribution in [0.15, 0.2) is 24.5 Å². The van der Waals surface area contributed by atoms with Gasteiger partial charge in [-0.15, -0.1) is 0 Å². The molecule has 0 unspecified atom stereocenters. The van der Waals surface area contributed by atoms with Gasteiger partial charge in [0.05, 0.1) is 5.52 Å². The molecule has 1 aromatic carbocycles. The van der Waals surface area contributed by atoms with Crippen LogP contribution in [0.2, 0.25) is 0 Å². The first-order valence-corrected chi connectivity index (χ1v) is 6.02. The molecule has 0 saturated carbocycles. The van der Waals surface area contributed by atoms with Crippen LogP contribution in [0.3, 0.4) is 0 Å². The molecular weight excluding hydrogens is 242 g/mol. The average molecular weight is 257 g/mol. The van der Waals surface area contributed by atoms with E-state index < -0.39 is 0 Å². The molecule has 0 saturated heterocycles. The normalized spacial score (nSPS) is 10.7. The minimum Gasteiger partial charge on any atom is -0.338 e. The standard InChI is InChI=1S/C14H15N3O2/c1-9(2)17(3)14(19)13-12-10(7-18)5-4-6-11(12)15-8-16-13/h4-9H,1-3H3. The highest BCUT2D eigenvalue weighted by Crippen LogP contribution is 2.20. The molecule has 19 heavy (non-hydrogen) atoms. The Morgan fingerprint density at radius 1 is 1.32 bits per heavy atom. The van der Waals surface area contributed by atoms with E-state index in [2.05, 4.69) is 9.97 Å². The number of rotatable bonds is 3. The van der Waals surface area contributed by atoms with Gasteiger partial charge < -0.3 is 4.90 Å². The molecule has 0 aliphatic rings. The average Bonchev–Trinajstić information content (AvgIpc) is 2.44. The van der Waals surface area contributed by atoms with Gasteiger partial charge in [-0.05, 0) is 19.9 Å². The molecule has 2 aromatic rings. The van der Waals surface area contributed by atoms with Gasteiger partial charge in [0.2, 0.25) is 0 Å². The summed E-state index contributed by atoms with van der Waals surface area (Å²) in [6.07, 6.45) is 2.07. The smallest absolute Gasteiger partial charge is 0.273 e. The SMILES string of the molecule is CC(C)N(C)C(=O)c1ncnc2cccc(C=O)c12. The van der Waals surface area contributed by atoms with E-state index in [-0.39, 0.29) is 17.6 Å². The van der Waals surface area contributed by atoms with Crippen molar-refractivity contribution in [3.63, 3.8) is 0 Å². The topological polar surface area (TPSA) is 63.2 Å². The Morgan fingerprint density at radius 3 is 2.68 bits per heavy atom. The van der Waals surface area contributed by atoms with Crippen molar-refractivity contribution < 1.29 is 9.59 Å². The number of hydrogen-bond acceptors (Lipinski definition) is 4. The first kappa shape index (κ1) is 13.1. The molecule has 98 valence electrons. The van der Waals surface area contributed by atoms with E-state index >= 15 is 0 Å². The van der Waals surface area contributed by atoms with Crippen LogP contribution in [0.1, 0.15) is 34.7 Å². The van der Waals surface area contributed by atoms with Crippen LogP contribution >= 0.6 is 0 Å². The Bertz CT molecular complexity index is 632. The number of amides is 1. The van der Waals surface area contributed by atoms with Crippen molar-refractivity contribution in [1.82, 2.24) is 14.9 Å². The summed E-state index contributed by atoms with van der Waals surface area (Å²) >= 11 is 0. The number of hydrogen-bond donors (Lipinski definition) is 0. The van der Waals surface area contributed by atoms with Gasteiger partial charge >= 0.3 is 0 Å². The summed E-state index contributed by atoms with van der Waals surface area (Å²) in [6.45, 7) is 3.84. The molecule has 0 atom stereocenters. The molecule has 0 aliphatic heterocycles. The molecule has 0 N–H and O–H groups in total.